The van der Waals surface area contributed by atoms with Crippen LogP contribution in [-0.2, 0) is 0 Å². The lowest BCUT2D eigenvalue weighted by molar-refractivity contribution is 0.0949. The van der Waals surface area contributed by atoms with Crippen LogP contribution in [0.5, 0.6) is 0 Å². The number of rotatable bonds is 16. The summed E-state index contributed by atoms with van der Waals surface area (Å²) in [4.78, 5) is 11.8. The van der Waals surface area contributed by atoms with Gasteiger partial charge in [-0.25, -0.2) is 4.39 Å². The summed E-state index contributed by atoms with van der Waals surface area (Å²) in [7, 11) is 0. The Labute approximate surface area is 160 Å². The number of nitrogens with one attached hydrogen (secondary N) is 1. The van der Waals surface area contributed by atoms with Gasteiger partial charge in [0.2, 0.25) is 0 Å². The largest absolute Gasteiger partial charge is 0.352 e. The third-order valence-electron chi connectivity index (χ3n) is 4.93. The smallest absolute Gasteiger partial charge is 0.254 e. The van der Waals surface area contributed by atoms with Crippen molar-refractivity contribution in [1.82, 2.24) is 5.32 Å². The van der Waals surface area contributed by atoms with Gasteiger partial charge in [0.25, 0.3) is 5.91 Å². The molecule has 0 aliphatic rings. The molecular weight excluding hydrogens is 325 g/mol. The van der Waals surface area contributed by atoms with E-state index in [0.29, 0.717) is 6.54 Å². The Hall–Kier alpha value is -1.38. The summed E-state index contributed by atoms with van der Waals surface area (Å²) < 4.78 is 13.5. The number of halogens is 1. The summed E-state index contributed by atoms with van der Waals surface area (Å²) in [6.07, 6.45) is 18.5. The van der Waals surface area contributed by atoms with Crippen molar-refractivity contribution < 1.29 is 9.18 Å². The van der Waals surface area contributed by atoms with E-state index in [1.54, 1.807) is 12.1 Å². The number of carbonyl (C=O) groups is 1. The molecule has 1 aromatic rings. The number of carbonyl (C=O) groups excluding carboxylic acids is 1. The van der Waals surface area contributed by atoms with Crippen LogP contribution in [0.2, 0.25) is 0 Å². The molecule has 2 nitrogen and oxygen atoms in total. The van der Waals surface area contributed by atoms with Crippen LogP contribution in [0, 0.1) is 5.82 Å². The molecule has 0 spiro atoms. The maximum atomic E-state index is 13.5. The molecule has 0 radical (unpaired) electrons. The Morgan fingerprint density at radius 1 is 0.769 bits per heavy atom. The lowest BCUT2D eigenvalue weighted by Crippen LogP contribution is -2.25. The Balaban J connectivity index is 1.84. The van der Waals surface area contributed by atoms with Gasteiger partial charge in [0.05, 0.1) is 5.56 Å². The lowest BCUT2D eigenvalue weighted by atomic mass is 10.0. The van der Waals surface area contributed by atoms with Crippen molar-refractivity contribution in [3.8, 4) is 0 Å². The fourth-order valence-electron chi connectivity index (χ4n) is 3.26. The van der Waals surface area contributed by atoms with Crippen molar-refractivity contribution in [2.45, 2.75) is 96.8 Å². The Morgan fingerprint density at radius 3 is 1.73 bits per heavy atom. The van der Waals surface area contributed by atoms with E-state index in [4.69, 9.17) is 0 Å². The first-order chi connectivity index (χ1) is 12.8. The van der Waals surface area contributed by atoms with Gasteiger partial charge in [0, 0.05) is 6.54 Å². The zero-order valence-electron chi connectivity index (χ0n) is 16.7. The summed E-state index contributed by atoms with van der Waals surface area (Å²) in [6.45, 7) is 2.90. The van der Waals surface area contributed by atoms with Gasteiger partial charge in [-0.2, -0.15) is 0 Å². The standard InChI is InChI=1S/C23H38FNO/c1-2-3-4-5-6-7-8-9-10-11-12-13-14-17-20-25-23(26)21-18-15-16-19-22(21)24/h15-16,18-19H,2-14,17,20H2,1H3,(H,25,26). The summed E-state index contributed by atoms with van der Waals surface area (Å²) in [5.74, 6) is -0.760. The van der Waals surface area contributed by atoms with Crippen LogP contribution in [-0.4, -0.2) is 12.5 Å². The quantitative estimate of drug-likeness (QED) is 0.314. The van der Waals surface area contributed by atoms with Crippen LogP contribution in [0.4, 0.5) is 4.39 Å². The van der Waals surface area contributed by atoms with E-state index in [0.717, 1.165) is 12.8 Å². The van der Waals surface area contributed by atoms with Crippen LogP contribution < -0.4 is 5.32 Å². The predicted octanol–water partition coefficient (Wildman–Crippen LogP) is 7.04. The first-order valence-electron chi connectivity index (χ1n) is 10.8. The molecular formula is C23H38FNO. The zero-order valence-corrected chi connectivity index (χ0v) is 16.7. The van der Waals surface area contributed by atoms with Crippen molar-refractivity contribution in [2.75, 3.05) is 6.54 Å². The van der Waals surface area contributed by atoms with Crippen molar-refractivity contribution in [1.29, 1.82) is 0 Å². The second-order valence-corrected chi connectivity index (χ2v) is 7.33. The molecule has 1 N–H and O–H groups in total. The summed E-state index contributed by atoms with van der Waals surface area (Å²) in [5, 5.41) is 2.80. The Kier molecular flexibility index (Phi) is 13.8. The van der Waals surface area contributed by atoms with Crippen LogP contribution in [0.25, 0.3) is 0 Å². The topological polar surface area (TPSA) is 29.1 Å². The van der Waals surface area contributed by atoms with Gasteiger partial charge in [-0.3, -0.25) is 4.79 Å². The number of benzene rings is 1. The maximum absolute atomic E-state index is 13.5. The minimum Gasteiger partial charge on any atom is -0.352 e. The average Bonchev–Trinajstić information content (AvgIpc) is 2.65. The highest BCUT2D eigenvalue weighted by Gasteiger charge is 2.09. The monoisotopic (exact) mass is 363 g/mol. The molecule has 0 aromatic heterocycles. The lowest BCUT2D eigenvalue weighted by Gasteiger charge is -2.06. The van der Waals surface area contributed by atoms with Crippen LogP contribution in [0.15, 0.2) is 24.3 Å². The second kappa shape index (κ2) is 15.8. The normalized spacial score (nSPS) is 10.8. The van der Waals surface area contributed by atoms with Gasteiger partial charge < -0.3 is 5.32 Å². The highest BCUT2D eigenvalue weighted by Crippen LogP contribution is 2.13. The number of unbranched alkanes of at least 4 members (excludes halogenated alkanes) is 13. The number of amides is 1. The minimum absolute atomic E-state index is 0.137. The molecule has 1 aromatic carbocycles. The van der Waals surface area contributed by atoms with Gasteiger partial charge in [-0.15, -0.1) is 0 Å². The van der Waals surface area contributed by atoms with Crippen molar-refractivity contribution in [3.63, 3.8) is 0 Å². The van der Waals surface area contributed by atoms with Gasteiger partial charge in [0.1, 0.15) is 5.82 Å². The molecule has 0 unspecified atom stereocenters. The zero-order chi connectivity index (χ0) is 18.9. The van der Waals surface area contributed by atoms with E-state index in [1.165, 1.54) is 89.2 Å². The third kappa shape index (κ3) is 11.3. The molecule has 148 valence electrons. The fraction of sp³-hybridized carbons (Fsp3) is 0.696. The molecule has 0 atom stereocenters. The molecule has 0 saturated heterocycles. The molecule has 1 amide bonds. The highest BCUT2D eigenvalue weighted by atomic mass is 19.1. The van der Waals surface area contributed by atoms with E-state index in [-0.39, 0.29) is 11.5 Å². The fourth-order valence-corrected chi connectivity index (χ4v) is 3.26. The molecule has 0 fully saturated rings. The molecule has 0 heterocycles. The van der Waals surface area contributed by atoms with Crippen molar-refractivity contribution in [2.24, 2.45) is 0 Å². The Bertz CT molecular complexity index is 475. The van der Waals surface area contributed by atoms with Gasteiger partial charge in [-0.1, -0.05) is 103 Å². The van der Waals surface area contributed by atoms with E-state index >= 15 is 0 Å². The summed E-state index contributed by atoms with van der Waals surface area (Å²) in [5.41, 5.74) is 0.137. The van der Waals surface area contributed by atoms with E-state index in [9.17, 15) is 9.18 Å². The maximum Gasteiger partial charge on any atom is 0.254 e. The highest BCUT2D eigenvalue weighted by molar-refractivity contribution is 5.94. The molecule has 26 heavy (non-hydrogen) atoms. The average molecular weight is 364 g/mol. The van der Waals surface area contributed by atoms with E-state index in [1.807, 2.05) is 0 Å². The van der Waals surface area contributed by atoms with Crippen LogP contribution in [0.3, 0.4) is 0 Å². The van der Waals surface area contributed by atoms with Crippen molar-refractivity contribution >= 4 is 5.91 Å². The first kappa shape index (κ1) is 22.7. The van der Waals surface area contributed by atoms with Gasteiger partial charge in [0.15, 0.2) is 0 Å². The number of hydrogen-bond acceptors (Lipinski definition) is 1. The van der Waals surface area contributed by atoms with Crippen LogP contribution >= 0.6 is 0 Å². The molecule has 0 saturated carbocycles. The molecule has 0 aliphatic heterocycles. The van der Waals surface area contributed by atoms with Gasteiger partial charge in [-0.05, 0) is 18.6 Å². The van der Waals surface area contributed by atoms with Gasteiger partial charge >= 0.3 is 0 Å². The molecule has 0 bridgehead atoms. The summed E-state index contributed by atoms with van der Waals surface area (Å²) in [6, 6.07) is 6.13. The SMILES string of the molecule is CCCCCCCCCCCCCCCCNC(=O)c1ccccc1F. The van der Waals surface area contributed by atoms with Crippen LogP contribution in [0.1, 0.15) is 107 Å². The molecule has 1 rings (SSSR count). The number of hydrogen-bond donors (Lipinski definition) is 1. The van der Waals surface area contributed by atoms with E-state index in [2.05, 4.69) is 12.2 Å². The minimum atomic E-state index is -0.453. The predicted molar refractivity (Wildman–Crippen MR) is 109 cm³/mol. The van der Waals surface area contributed by atoms with Crippen molar-refractivity contribution in [3.05, 3.63) is 35.6 Å². The van der Waals surface area contributed by atoms with E-state index < -0.39 is 5.82 Å². The third-order valence-corrected chi connectivity index (χ3v) is 4.93. The molecule has 3 heteroatoms. The summed E-state index contributed by atoms with van der Waals surface area (Å²) >= 11 is 0. The second-order valence-electron chi connectivity index (χ2n) is 7.33. The molecule has 0 aliphatic carbocycles. The Morgan fingerprint density at radius 2 is 1.23 bits per heavy atom. The first-order valence-corrected chi connectivity index (χ1v) is 10.8.